The van der Waals surface area contributed by atoms with Crippen molar-refractivity contribution in [1.82, 2.24) is 0 Å². The van der Waals surface area contributed by atoms with Crippen LogP contribution in [0.15, 0.2) is 22.3 Å². The first-order chi connectivity index (χ1) is 12.0. The molecule has 0 aromatic heterocycles. The molecule has 0 fully saturated rings. The zero-order chi connectivity index (χ0) is 18.0. The zero-order valence-electron chi connectivity index (χ0n) is 15.8. The van der Waals surface area contributed by atoms with E-state index in [1.54, 1.807) is 13.8 Å². The fourth-order valence-electron chi connectivity index (χ4n) is 4.76. The summed E-state index contributed by atoms with van der Waals surface area (Å²) in [6, 6.07) is 0. The molecule has 3 aliphatic rings. The van der Waals surface area contributed by atoms with Gasteiger partial charge in [-0.1, -0.05) is 0 Å². The minimum absolute atomic E-state index is 0.108. The molecule has 0 heterocycles. The van der Waals surface area contributed by atoms with Crippen LogP contribution in [0.1, 0.15) is 78.1 Å². The van der Waals surface area contributed by atoms with Crippen LogP contribution in [0.4, 0.5) is 0 Å². The summed E-state index contributed by atoms with van der Waals surface area (Å²) in [5.74, 6) is -0.455. The van der Waals surface area contributed by atoms with Gasteiger partial charge in [-0.2, -0.15) is 0 Å². The van der Waals surface area contributed by atoms with Crippen molar-refractivity contribution in [1.29, 1.82) is 0 Å². The van der Waals surface area contributed by atoms with Crippen molar-refractivity contribution in [2.24, 2.45) is 0 Å². The summed E-state index contributed by atoms with van der Waals surface area (Å²) in [4.78, 5) is 24.4. The maximum absolute atomic E-state index is 12.2. The van der Waals surface area contributed by atoms with E-state index >= 15 is 0 Å². The van der Waals surface area contributed by atoms with Gasteiger partial charge in [0.15, 0.2) is 0 Å². The fourth-order valence-corrected chi connectivity index (χ4v) is 10.0. The van der Waals surface area contributed by atoms with E-state index in [2.05, 4.69) is 0 Å². The van der Waals surface area contributed by atoms with Gasteiger partial charge in [0.1, 0.15) is 0 Å². The molecule has 0 aliphatic heterocycles. The second-order valence-electron chi connectivity index (χ2n) is 7.53. The molecule has 0 bridgehead atoms. The maximum atomic E-state index is 12.2. The Hall–Kier alpha value is -0.866. The Kier molecular flexibility index (Phi) is 5.90. The number of rotatable bonds is 5. The van der Waals surface area contributed by atoms with Gasteiger partial charge in [0.25, 0.3) is 0 Å². The molecule has 0 saturated carbocycles. The van der Waals surface area contributed by atoms with Gasteiger partial charge in [-0.3, -0.25) is 0 Å². The van der Waals surface area contributed by atoms with E-state index in [1.807, 2.05) is 5.23 Å². The number of carbonyl (C=O) groups excluding carboxylic acids is 2. The van der Waals surface area contributed by atoms with E-state index in [9.17, 15) is 9.59 Å². The van der Waals surface area contributed by atoms with Crippen molar-refractivity contribution in [2.45, 2.75) is 87.5 Å². The third-order valence-corrected chi connectivity index (χ3v) is 10.5. The fraction of sp³-hybridized carbons (Fsp3) is 0.700. The van der Waals surface area contributed by atoms with Gasteiger partial charge in [-0.25, -0.2) is 0 Å². The standard InChI is InChI=1S/C13H17.2C3H6O2.CH3.Ti/c1-3-7-12-10(5-1)9-11-6-2-4-8-13(11)12;2*1-2-3(4)5;;/h9H,1-8H2;2*2H2,1H3,(H,4,5);1H3;/q;;;;+2/p-2. The van der Waals surface area contributed by atoms with E-state index in [0.717, 1.165) is 25.7 Å². The van der Waals surface area contributed by atoms with Gasteiger partial charge in [-0.15, -0.1) is 0 Å². The van der Waals surface area contributed by atoms with Crippen molar-refractivity contribution in [3.05, 3.63) is 22.3 Å². The normalized spacial score (nSPS) is 21.1. The van der Waals surface area contributed by atoms with Gasteiger partial charge < -0.3 is 0 Å². The molecule has 0 saturated heterocycles. The predicted molar refractivity (Wildman–Crippen MR) is 93.4 cm³/mol. The minimum atomic E-state index is -3.65. The molecular formula is C20H30O4Ti. The average Bonchev–Trinajstić information content (AvgIpc) is 2.96. The summed E-state index contributed by atoms with van der Waals surface area (Å²) >= 11 is -3.65. The molecule has 0 radical (unpaired) electrons. The van der Waals surface area contributed by atoms with Crippen LogP contribution in [0, 0.1) is 0 Å². The molecule has 25 heavy (non-hydrogen) atoms. The van der Waals surface area contributed by atoms with Crippen LogP contribution >= 0.6 is 0 Å². The molecule has 0 unspecified atom stereocenters. The van der Waals surface area contributed by atoms with E-state index in [-0.39, 0.29) is 16.2 Å². The summed E-state index contributed by atoms with van der Waals surface area (Å²) < 4.78 is 12.1. The molecule has 0 atom stereocenters. The SMILES string of the molecule is CCC(=O)[O][Ti]([CH3])([O]C(=O)CC)[CH]1C2=C(CCCC2)C2=C1CCCC2. The Morgan fingerprint density at radius 2 is 1.24 bits per heavy atom. The number of hydrogen-bond donors (Lipinski definition) is 0. The molecule has 3 rings (SSSR count). The van der Waals surface area contributed by atoms with Gasteiger partial charge in [0, 0.05) is 0 Å². The second-order valence-corrected chi connectivity index (χ2v) is 12.2. The van der Waals surface area contributed by atoms with Gasteiger partial charge >= 0.3 is 155 Å². The van der Waals surface area contributed by atoms with Crippen molar-refractivity contribution in [3.8, 4) is 0 Å². The molecule has 0 spiro atoms. The van der Waals surface area contributed by atoms with Gasteiger partial charge in [-0.05, 0) is 0 Å². The molecule has 0 amide bonds. The number of carbonyl (C=O) groups is 2. The van der Waals surface area contributed by atoms with Crippen molar-refractivity contribution < 1.29 is 33.6 Å². The monoisotopic (exact) mass is 382 g/mol. The van der Waals surface area contributed by atoms with Crippen LogP contribution in [0.5, 0.6) is 0 Å². The Morgan fingerprint density at radius 3 is 1.64 bits per heavy atom. The van der Waals surface area contributed by atoms with Crippen LogP contribution in [-0.2, 0) is 33.6 Å². The molecular weight excluding hydrogens is 352 g/mol. The summed E-state index contributed by atoms with van der Waals surface area (Å²) in [5, 5.41) is 1.98. The van der Waals surface area contributed by atoms with Crippen LogP contribution in [0.2, 0.25) is 9.45 Å². The first kappa shape index (κ1) is 18.9. The summed E-state index contributed by atoms with van der Waals surface area (Å²) in [6.45, 7) is 3.61. The quantitative estimate of drug-likeness (QED) is 0.592. The molecule has 4 nitrogen and oxygen atoms in total. The van der Waals surface area contributed by atoms with E-state index in [4.69, 9.17) is 6.64 Å². The van der Waals surface area contributed by atoms with Crippen LogP contribution in [0.25, 0.3) is 0 Å². The second kappa shape index (κ2) is 7.79. The zero-order valence-corrected chi connectivity index (χ0v) is 17.3. The Balaban J connectivity index is 2.03. The van der Waals surface area contributed by atoms with Crippen LogP contribution in [0.3, 0.4) is 0 Å². The third kappa shape index (κ3) is 3.66. The Morgan fingerprint density at radius 1 is 0.840 bits per heavy atom. The van der Waals surface area contributed by atoms with Gasteiger partial charge in [0.05, 0.1) is 0 Å². The first-order valence-electron chi connectivity index (χ1n) is 9.88. The molecule has 0 N–H and O–H groups in total. The Labute approximate surface area is 155 Å². The molecule has 5 heteroatoms. The van der Waals surface area contributed by atoms with Gasteiger partial charge in [0.2, 0.25) is 0 Å². The van der Waals surface area contributed by atoms with Crippen LogP contribution < -0.4 is 0 Å². The van der Waals surface area contributed by atoms with E-state index in [1.165, 1.54) is 48.0 Å². The van der Waals surface area contributed by atoms with E-state index in [0.29, 0.717) is 12.8 Å². The topological polar surface area (TPSA) is 52.6 Å². The Bertz CT molecular complexity index is 582. The van der Waals surface area contributed by atoms with Crippen molar-refractivity contribution in [3.63, 3.8) is 0 Å². The molecule has 0 aromatic rings. The molecule has 138 valence electrons. The molecule has 3 aliphatic carbocycles. The number of fused-ring (bicyclic) bond motifs is 1. The summed E-state index contributed by atoms with van der Waals surface area (Å²) in [7, 11) is 0. The predicted octanol–water partition coefficient (Wildman–Crippen LogP) is 5.47. The first-order valence-corrected chi connectivity index (χ1v) is 13.6. The number of allylic oxidation sites excluding steroid dienone is 4. The molecule has 0 aromatic carbocycles. The average molecular weight is 382 g/mol. The third-order valence-electron chi connectivity index (χ3n) is 5.82. The van der Waals surface area contributed by atoms with E-state index < -0.39 is 17.4 Å². The number of hydrogen-bond acceptors (Lipinski definition) is 4. The van der Waals surface area contributed by atoms with Crippen molar-refractivity contribution in [2.75, 3.05) is 0 Å². The summed E-state index contributed by atoms with van der Waals surface area (Å²) in [5.41, 5.74) is 5.97. The van der Waals surface area contributed by atoms with Crippen LogP contribution in [-0.4, -0.2) is 11.9 Å². The van der Waals surface area contributed by atoms with Crippen molar-refractivity contribution >= 4 is 11.9 Å². The summed E-state index contributed by atoms with van der Waals surface area (Å²) in [6.07, 6.45) is 9.96.